The van der Waals surface area contributed by atoms with E-state index in [-0.39, 0.29) is 24.4 Å². The fourth-order valence-corrected chi connectivity index (χ4v) is 2.14. The zero-order valence-electron chi connectivity index (χ0n) is 10.0. The molecule has 5 nitrogen and oxygen atoms in total. The molecule has 0 aliphatic carbocycles. The number of hydrogen-bond donors (Lipinski definition) is 3. The summed E-state index contributed by atoms with van der Waals surface area (Å²) in [6.45, 7) is 0.510. The lowest BCUT2D eigenvalue weighted by Crippen LogP contribution is -2.56. The van der Waals surface area contributed by atoms with E-state index in [9.17, 15) is 9.59 Å². The Bertz CT molecular complexity index is 454. The predicted octanol–water partition coefficient (Wildman–Crippen LogP) is 0.435. The number of benzene rings is 1. The van der Waals surface area contributed by atoms with Crippen LogP contribution in [-0.4, -0.2) is 37.2 Å². The maximum Gasteiger partial charge on any atom is 0.243 e. The van der Waals surface area contributed by atoms with Gasteiger partial charge in [-0.3, -0.25) is 14.9 Å². The number of hydrogen-bond acceptors (Lipinski definition) is 4. The Balaban J connectivity index is 1.96. The van der Waals surface area contributed by atoms with Crippen LogP contribution in [0.1, 0.15) is 0 Å². The van der Waals surface area contributed by atoms with Crippen molar-refractivity contribution in [2.24, 2.45) is 0 Å². The molecule has 96 valence electrons. The molecule has 0 spiro atoms. The minimum Gasteiger partial charge on any atom is -0.353 e. The number of carbonyl (C=O) groups excluding carboxylic acids is 2. The molecule has 1 unspecified atom stereocenters. The molecular formula is C12H15N3O2S. The van der Waals surface area contributed by atoms with Crippen molar-refractivity contribution in [3.63, 3.8) is 0 Å². The highest BCUT2D eigenvalue weighted by atomic mass is 32.2. The van der Waals surface area contributed by atoms with Crippen molar-refractivity contribution >= 4 is 29.3 Å². The first-order valence-corrected chi connectivity index (χ1v) is 6.86. The largest absolute Gasteiger partial charge is 0.353 e. The monoisotopic (exact) mass is 265 g/mol. The Morgan fingerprint density at radius 2 is 2.33 bits per heavy atom. The minimum atomic E-state index is -0.374. The van der Waals surface area contributed by atoms with Crippen molar-refractivity contribution in [3.8, 4) is 0 Å². The number of thioether (sulfide) groups is 1. The number of rotatable bonds is 3. The molecule has 2 amide bonds. The van der Waals surface area contributed by atoms with Gasteiger partial charge in [-0.25, -0.2) is 0 Å². The Morgan fingerprint density at radius 1 is 1.50 bits per heavy atom. The summed E-state index contributed by atoms with van der Waals surface area (Å²) in [4.78, 5) is 24.0. The molecule has 0 bridgehead atoms. The summed E-state index contributed by atoms with van der Waals surface area (Å²) in [5.41, 5.74) is 0.769. The molecule has 1 saturated heterocycles. The smallest absolute Gasteiger partial charge is 0.243 e. The second kappa shape index (κ2) is 5.88. The van der Waals surface area contributed by atoms with Crippen LogP contribution in [-0.2, 0) is 9.59 Å². The molecule has 0 saturated carbocycles. The van der Waals surface area contributed by atoms with E-state index in [1.807, 2.05) is 30.5 Å². The van der Waals surface area contributed by atoms with E-state index < -0.39 is 0 Å². The van der Waals surface area contributed by atoms with Gasteiger partial charge in [0.2, 0.25) is 11.8 Å². The Kier molecular flexibility index (Phi) is 4.22. The van der Waals surface area contributed by atoms with Crippen molar-refractivity contribution < 1.29 is 9.59 Å². The minimum absolute atomic E-state index is 0.0802. The van der Waals surface area contributed by atoms with E-state index in [0.29, 0.717) is 6.54 Å². The molecule has 1 atom stereocenters. The second-order valence-corrected chi connectivity index (χ2v) is 4.84. The summed E-state index contributed by atoms with van der Waals surface area (Å²) in [6, 6.07) is 7.28. The number of anilines is 1. The zero-order valence-corrected chi connectivity index (χ0v) is 10.8. The maximum absolute atomic E-state index is 11.9. The van der Waals surface area contributed by atoms with Gasteiger partial charge in [0.25, 0.3) is 0 Å². The number of carbonyl (C=O) groups is 2. The molecule has 1 aromatic carbocycles. The fourth-order valence-electron chi connectivity index (χ4n) is 1.68. The van der Waals surface area contributed by atoms with Crippen LogP contribution in [0.15, 0.2) is 29.2 Å². The SMILES string of the molecule is CSc1cccc(NC(=O)C2CNC(=O)CN2)c1. The van der Waals surface area contributed by atoms with Gasteiger partial charge >= 0.3 is 0 Å². The van der Waals surface area contributed by atoms with Gasteiger partial charge in [0.05, 0.1) is 6.54 Å². The van der Waals surface area contributed by atoms with E-state index in [1.54, 1.807) is 11.8 Å². The molecule has 18 heavy (non-hydrogen) atoms. The summed E-state index contributed by atoms with van der Waals surface area (Å²) >= 11 is 1.62. The third kappa shape index (κ3) is 3.24. The Hall–Kier alpha value is -1.53. The highest BCUT2D eigenvalue weighted by Gasteiger charge is 2.23. The Morgan fingerprint density at radius 3 is 3.00 bits per heavy atom. The third-order valence-electron chi connectivity index (χ3n) is 2.67. The summed E-state index contributed by atoms with van der Waals surface area (Å²) in [6.07, 6.45) is 1.99. The molecular weight excluding hydrogens is 250 g/mol. The first kappa shape index (κ1) is 12.9. The van der Waals surface area contributed by atoms with Crippen molar-refractivity contribution in [2.75, 3.05) is 24.7 Å². The first-order valence-electron chi connectivity index (χ1n) is 5.64. The van der Waals surface area contributed by atoms with E-state index in [0.717, 1.165) is 10.6 Å². The van der Waals surface area contributed by atoms with Crippen molar-refractivity contribution in [2.45, 2.75) is 10.9 Å². The normalized spacial score (nSPS) is 19.2. The van der Waals surface area contributed by atoms with Crippen LogP contribution in [0.3, 0.4) is 0 Å². The zero-order chi connectivity index (χ0) is 13.0. The lowest BCUT2D eigenvalue weighted by molar-refractivity contribution is -0.124. The van der Waals surface area contributed by atoms with E-state index >= 15 is 0 Å². The summed E-state index contributed by atoms with van der Waals surface area (Å²) < 4.78 is 0. The first-order chi connectivity index (χ1) is 8.69. The van der Waals surface area contributed by atoms with Crippen molar-refractivity contribution in [1.82, 2.24) is 10.6 Å². The topological polar surface area (TPSA) is 70.2 Å². The molecule has 2 rings (SSSR count). The van der Waals surface area contributed by atoms with Gasteiger partial charge < -0.3 is 10.6 Å². The number of nitrogens with one attached hydrogen (secondary N) is 3. The van der Waals surface area contributed by atoms with Crippen molar-refractivity contribution in [1.29, 1.82) is 0 Å². The predicted molar refractivity (Wildman–Crippen MR) is 71.7 cm³/mol. The van der Waals surface area contributed by atoms with Crippen LogP contribution in [0.2, 0.25) is 0 Å². The maximum atomic E-state index is 11.9. The molecule has 0 aromatic heterocycles. The van der Waals surface area contributed by atoms with Gasteiger partial charge in [0, 0.05) is 17.1 Å². The Labute approximate surface area is 110 Å². The summed E-state index contributed by atoms with van der Waals surface area (Å²) in [5.74, 6) is -0.211. The van der Waals surface area contributed by atoms with Gasteiger partial charge in [0.15, 0.2) is 0 Å². The quantitative estimate of drug-likeness (QED) is 0.693. The fraction of sp³-hybridized carbons (Fsp3) is 0.333. The molecule has 1 aliphatic rings. The summed E-state index contributed by atoms with van der Waals surface area (Å²) in [7, 11) is 0. The van der Waals surface area contributed by atoms with Crippen LogP contribution in [0.5, 0.6) is 0 Å². The lowest BCUT2D eigenvalue weighted by Gasteiger charge is -2.23. The second-order valence-electron chi connectivity index (χ2n) is 3.96. The average Bonchev–Trinajstić information content (AvgIpc) is 2.39. The van der Waals surface area contributed by atoms with Crippen LogP contribution >= 0.6 is 11.8 Å². The number of amides is 2. The molecule has 1 heterocycles. The highest BCUT2D eigenvalue weighted by Crippen LogP contribution is 2.19. The van der Waals surface area contributed by atoms with Gasteiger partial charge in [-0.2, -0.15) is 0 Å². The summed E-state index contributed by atoms with van der Waals surface area (Å²) in [5, 5.41) is 8.38. The van der Waals surface area contributed by atoms with Crippen LogP contribution in [0.4, 0.5) is 5.69 Å². The highest BCUT2D eigenvalue weighted by molar-refractivity contribution is 7.98. The van der Waals surface area contributed by atoms with Crippen LogP contribution in [0.25, 0.3) is 0 Å². The van der Waals surface area contributed by atoms with E-state index in [2.05, 4.69) is 16.0 Å². The van der Waals surface area contributed by atoms with Crippen LogP contribution in [0, 0.1) is 0 Å². The van der Waals surface area contributed by atoms with Gasteiger partial charge in [-0.05, 0) is 24.5 Å². The standard InChI is InChI=1S/C12H15N3O2S/c1-18-9-4-2-3-8(5-9)15-12(17)10-6-14-11(16)7-13-10/h2-5,10,13H,6-7H2,1H3,(H,14,16)(H,15,17). The molecule has 0 radical (unpaired) electrons. The van der Waals surface area contributed by atoms with E-state index in [1.165, 1.54) is 0 Å². The molecule has 1 aliphatic heterocycles. The van der Waals surface area contributed by atoms with Gasteiger partial charge in [0.1, 0.15) is 6.04 Å². The molecule has 1 fully saturated rings. The van der Waals surface area contributed by atoms with Gasteiger partial charge in [-0.1, -0.05) is 6.07 Å². The average molecular weight is 265 g/mol. The molecule has 1 aromatic rings. The van der Waals surface area contributed by atoms with Crippen LogP contribution < -0.4 is 16.0 Å². The third-order valence-corrected chi connectivity index (χ3v) is 3.39. The van der Waals surface area contributed by atoms with Crippen molar-refractivity contribution in [3.05, 3.63) is 24.3 Å². The van der Waals surface area contributed by atoms with Gasteiger partial charge in [-0.15, -0.1) is 11.8 Å². The van der Waals surface area contributed by atoms with E-state index in [4.69, 9.17) is 0 Å². The lowest BCUT2D eigenvalue weighted by atomic mass is 10.2. The number of piperazine rings is 1. The molecule has 6 heteroatoms. The molecule has 3 N–H and O–H groups in total.